The molecular weight excluding hydrogens is 375 g/mol. The summed E-state index contributed by atoms with van der Waals surface area (Å²) in [5, 5.41) is 2.55. The Bertz CT molecular complexity index is 908. The molecule has 3 rings (SSSR count). The molecule has 2 heterocycles. The number of alkyl halides is 3. The standard InChI is InChI=1S/C19H16F3N3OS/c1-25(11-13-5-7-14(8-6-13)19(20,21)22)17(26)10-15-12-27-18(24-15)16-4-2-3-9-23-16/h2-9,12H,10-11H2,1H3. The van der Waals surface area contributed by atoms with Crippen LogP contribution in [0.25, 0.3) is 10.7 Å². The maximum Gasteiger partial charge on any atom is 0.416 e. The summed E-state index contributed by atoms with van der Waals surface area (Å²) in [5.41, 5.74) is 1.32. The first-order chi connectivity index (χ1) is 12.8. The van der Waals surface area contributed by atoms with Gasteiger partial charge in [-0.1, -0.05) is 18.2 Å². The van der Waals surface area contributed by atoms with Crippen molar-refractivity contribution in [2.45, 2.75) is 19.1 Å². The molecule has 4 nitrogen and oxygen atoms in total. The van der Waals surface area contributed by atoms with Crippen molar-refractivity contribution in [1.82, 2.24) is 14.9 Å². The van der Waals surface area contributed by atoms with Gasteiger partial charge in [0.25, 0.3) is 0 Å². The quantitative estimate of drug-likeness (QED) is 0.647. The fourth-order valence-corrected chi connectivity index (χ4v) is 3.24. The molecule has 0 saturated carbocycles. The van der Waals surface area contributed by atoms with Crippen molar-refractivity contribution in [3.8, 4) is 10.7 Å². The number of carbonyl (C=O) groups excluding carboxylic acids is 1. The van der Waals surface area contributed by atoms with Crippen LogP contribution in [0.1, 0.15) is 16.8 Å². The number of likely N-dealkylation sites (N-methyl/N-ethyl adjacent to an activating group) is 1. The average molecular weight is 391 g/mol. The van der Waals surface area contributed by atoms with Gasteiger partial charge in [0.2, 0.25) is 5.91 Å². The number of amides is 1. The highest BCUT2D eigenvalue weighted by molar-refractivity contribution is 7.13. The van der Waals surface area contributed by atoms with E-state index in [0.717, 1.165) is 22.8 Å². The monoisotopic (exact) mass is 391 g/mol. The summed E-state index contributed by atoms with van der Waals surface area (Å²) in [6.07, 6.45) is -2.56. The van der Waals surface area contributed by atoms with Crippen molar-refractivity contribution >= 4 is 17.2 Å². The van der Waals surface area contributed by atoms with Crippen LogP contribution in [0.5, 0.6) is 0 Å². The third-order valence-electron chi connectivity index (χ3n) is 3.89. The molecule has 0 unspecified atom stereocenters. The Morgan fingerprint density at radius 3 is 2.52 bits per heavy atom. The van der Waals surface area contributed by atoms with Crippen LogP contribution in [-0.4, -0.2) is 27.8 Å². The van der Waals surface area contributed by atoms with Gasteiger partial charge in [-0.3, -0.25) is 9.78 Å². The molecule has 0 aliphatic heterocycles. The van der Waals surface area contributed by atoms with Gasteiger partial charge in [-0.25, -0.2) is 4.98 Å². The third kappa shape index (κ3) is 4.91. The normalized spacial score (nSPS) is 11.4. The van der Waals surface area contributed by atoms with Gasteiger partial charge in [0, 0.05) is 25.2 Å². The molecule has 27 heavy (non-hydrogen) atoms. The van der Waals surface area contributed by atoms with E-state index in [1.807, 2.05) is 23.6 Å². The molecular formula is C19H16F3N3OS. The van der Waals surface area contributed by atoms with E-state index in [4.69, 9.17) is 0 Å². The molecule has 1 aromatic carbocycles. The number of halogens is 3. The molecule has 0 aliphatic rings. The number of hydrogen-bond donors (Lipinski definition) is 0. The third-order valence-corrected chi connectivity index (χ3v) is 4.81. The van der Waals surface area contributed by atoms with Crippen LogP contribution in [0.4, 0.5) is 13.2 Å². The van der Waals surface area contributed by atoms with Gasteiger partial charge in [0.1, 0.15) is 5.01 Å². The number of benzene rings is 1. The van der Waals surface area contributed by atoms with Gasteiger partial charge in [0.15, 0.2) is 0 Å². The second-order valence-corrected chi connectivity index (χ2v) is 6.84. The highest BCUT2D eigenvalue weighted by Crippen LogP contribution is 2.29. The van der Waals surface area contributed by atoms with Crippen LogP contribution in [0.2, 0.25) is 0 Å². The molecule has 2 aromatic heterocycles. The summed E-state index contributed by atoms with van der Waals surface area (Å²) >= 11 is 1.41. The van der Waals surface area contributed by atoms with Gasteiger partial charge in [-0.05, 0) is 29.8 Å². The molecule has 0 spiro atoms. The minimum atomic E-state index is -4.36. The Hall–Kier alpha value is -2.74. The molecule has 0 atom stereocenters. The number of carbonyl (C=O) groups is 1. The lowest BCUT2D eigenvalue weighted by molar-refractivity contribution is -0.137. The molecule has 8 heteroatoms. The first-order valence-electron chi connectivity index (χ1n) is 8.09. The predicted molar refractivity (Wildman–Crippen MR) is 97.0 cm³/mol. The molecule has 0 bridgehead atoms. The summed E-state index contributed by atoms with van der Waals surface area (Å²) in [7, 11) is 1.62. The average Bonchev–Trinajstić information content (AvgIpc) is 3.10. The van der Waals surface area contributed by atoms with E-state index in [0.29, 0.717) is 11.3 Å². The van der Waals surface area contributed by atoms with Gasteiger partial charge in [0.05, 0.1) is 23.4 Å². The largest absolute Gasteiger partial charge is 0.416 e. The second-order valence-electron chi connectivity index (χ2n) is 5.98. The Kier molecular flexibility index (Phi) is 5.55. The number of aromatic nitrogens is 2. The number of thiazole rings is 1. The van der Waals surface area contributed by atoms with Crippen molar-refractivity contribution < 1.29 is 18.0 Å². The lowest BCUT2D eigenvalue weighted by atomic mass is 10.1. The maximum absolute atomic E-state index is 12.6. The smallest absolute Gasteiger partial charge is 0.341 e. The van der Waals surface area contributed by atoms with Gasteiger partial charge < -0.3 is 4.90 Å². The van der Waals surface area contributed by atoms with Crippen LogP contribution >= 0.6 is 11.3 Å². The number of rotatable bonds is 5. The van der Waals surface area contributed by atoms with Crippen LogP contribution in [-0.2, 0) is 23.9 Å². The molecule has 0 fully saturated rings. The fourth-order valence-electron chi connectivity index (χ4n) is 2.45. The van der Waals surface area contributed by atoms with E-state index in [-0.39, 0.29) is 18.9 Å². The number of nitrogens with zero attached hydrogens (tertiary/aromatic N) is 3. The van der Waals surface area contributed by atoms with Crippen LogP contribution in [0, 0.1) is 0 Å². The van der Waals surface area contributed by atoms with E-state index >= 15 is 0 Å². The van der Waals surface area contributed by atoms with E-state index in [9.17, 15) is 18.0 Å². The van der Waals surface area contributed by atoms with E-state index < -0.39 is 11.7 Å². The highest BCUT2D eigenvalue weighted by atomic mass is 32.1. The molecule has 0 radical (unpaired) electrons. The SMILES string of the molecule is CN(Cc1ccc(C(F)(F)F)cc1)C(=O)Cc1csc(-c2ccccn2)n1. The van der Waals surface area contributed by atoms with Crippen molar-refractivity contribution in [2.24, 2.45) is 0 Å². The molecule has 140 valence electrons. The summed E-state index contributed by atoms with van der Waals surface area (Å²) in [4.78, 5) is 22.5. The van der Waals surface area contributed by atoms with E-state index in [2.05, 4.69) is 9.97 Å². The lowest BCUT2D eigenvalue weighted by Gasteiger charge is -2.17. The zero-order valence-electron chi connectivity index (χ0n) is 14.4. The summed E-state index contributed by atoms with van der Waals surface area (Å²) < 4.78 is 37.8. The van der Waals surface area contributed by atoms with Crippen LogP contribution in [0.15, 0.2) is 54.0 Å². The Labute approximate surface area is 158 Å². The Morgan fingerprint density at radius 2 is 1.89 bits per heavy atom. The first kappa shape index (κ1) is 19.0. The zero-order chi connectivity index (χ0) is 19.4. The summed E-state index contributed by atoms with van der Waals surface area (Å²) in [6, 6.07) is 10.3. The van der Waals surface area contributed by atoms with Crippen molar-refractivity contribution in [3.05, 3.63) is 70.9 Å². The Balaban J connectivity index is 1.60. The summed E-state index contributed by atoms with van der Waals surface area (Å²) in [5.74, 6) is -0.159. The summed E-state index contributed by atoms with van der Waals surface area (Å²) in [6.45, 7) is 0.230. The molecule has 0 N–H and O–H groups in total. The topological polar surface area (TPSA) is 46.1 Å². The minimum Gasteiger partial charge on any atom is -0.341 e. The molecule has 3 aromatic rings. The van der Waals surface area contributed by atoms with E-state index in [1.54, 1.807) is 13.2 Å². The van der Waals surface area contributed by atoms with Gasteiger partial charge in [-0.2, -0.15) is 13.2 Å². The first-order valence-corrected chi connectivity index (χ1v) is 8.97. The van der Waals surface area contributed by atoms with Crippen LogP contribution in [0.3, 0.4) is 0 Å². The van der Waals surface area contributed by atoms with Gasteiger partial charge in [-0.15, -0.1) is 11.3 Å². The van der Waals surface area contributed by atoms with Crippen molar-refractivity contribution in [2.75, 3.05) is 7.05 Å². The second kappa shape index (κ2) is 7.87. The molecule has 0 aliphatic carbocycles. The number of hydrogen-bond acceptors (Lipinski definition) is 4. The fraction of sp³-hybridized carbons (Fsp3) is 0.211. The zero-order valence-corrected chi connectivity index (χ0v) is 15.2. The van der Waals surface area contributed by atoms with Crippen molar-refractivity contribution in [1.29, 1.82) is 0 Å². The van der Waals surface area contributed by atoms with Crippen molar-refractivity contribution in [3.63, 3.8) is 0 Å². The highest BCUT2D eigenvalue weighted by Gasteiger charge is 2.30. The van der Waals surface area contributed by atoms with E-state index in [1.165, 1.54) is 28.4 Å². The number of pyridine rings is 1. The minimum absolute atomic E-state index is 0.125. The maximum atomic E-state index is 12.6. The lowest BCUT2D eigenvalue weighted by Crippen LogP contribution is -2.27. The van der Waals surface area contributed by atoms with Crippen LogP contribution < -0.4 is 0 Å². The molecule has 1 amide bonds. The predicted octanol–water partition coefficient (Wildman–Crippen LogP) is 4.43. The Morgan fingerprint density at radius 1 is 1.15 bits per heavy atom. The molecule has 0 saturated heterocycles. The van der Waals surface area contributed by atoms with Gasteiger partial charge >= 0.3 is 6.18 Å².